The summed E-state index contributed by atoms with van der Waals surface area (Å²) in [4.78, 5) is 22.8. The number of anilines is 1. The molecule has 8 heteroatoms. The molecule has 0 aliphatic heterocycles. The Morgan fingerprint density at radius 3 is 2.53 bits per heavy atom. The van der Waals surface area contributed by atoms with Gasteiger partial charge < -0.3 is 14.5 Å². The fourth-order valence-corrected chi connectivity index (χ4v) is 2.78. The van der Waals surface area contributed by atoms with E-state index in [2.05, 4.69) is 5.32 Å². The van der Waals surface area contributed by atoms with Crippen LogP contribution in [0.4, 0.5) is 11.4 Å². The number of nitro benzene ring substituents is 1. The molecule has 0 fully saturated rings. The third kappa shape index (κ3) is 4.54. The fourth-order valence-electron chi connectivity index (χ4n) is 2.78. The van der Waals surface area contributed by atoms with Gasteiger partial charge in [-0.3, -0.25) is 14.9 Å². The Bertz CT molecular complexity index is 1170. The second-order valence-corrected chi connectivity index (χ2v) is 6.31. The maximum absolute atomic E-state index is 12.4. The lowest BCUT2D eigenvalue weighted by molar-refractivity contribution is -0.384. The van der Waals surface area contributed by atoms with Crippen molar-refractivity contribution in [1.29, 1.82) is 5.26 Å². The quantitative estimate of drug-likeness (QED) is 0.275. The van der Waals surface area contributed by atoms with Crippen molar-refractivity contribution in [2.75, 3.05) is 12.4 Å². The van der Waals surface area contributed by atoms with Gasteiger partial charge in [0.15, 0.2) is 0 Å². The number of ether oxygens (including phenoxy) is 1. The summed E-state index contributed by atoms with van der Waals surface area (Å²) in [7, 11) is 1.54. The van der Waals surface area contributed by atoms with Crippen molar-refractivity contribution < 1.29 is 18.9 Å². The van der Waals surface area contributed by atoms with Crippen LogP contribution in [0.2, 0.25) is 0 Å². The van der Waals surface area contributed by atoms with E-state index in [4.69, 9.17) is 9.15 Å². The van der Waals surface area contributed by atoms with Gasteiger partial charge in [0.05, 0.1) is 12.0 Å². The average molecular weight is 403 g/mol. The number of rotatable bonds is 6. The first-order valence-corrected chi connectivity index (χ1v) is 8.83. The van der Waals surface area contributed by atoms with Gasteiger partial charge in [-0.15, -0.1) is 0 Å². The van der Waals surface area contributed by atoms with Crippen LogP contribution in [0.3, 0.4) is 0 Å². The molecule has 3 rings (SSSR count). The molecule has 1 N–H and O–H groups in total. The van der Waals surface area contributed by atoms with Crippen molar-refractivity contribution in [3.63, 3.8) is 0 Å². The molecule has 3 aromatic rings. The van der Waals surface area contributed by atoms with Crippen molar-refractivity contribution in [1.82, 2.24) is 0 Å². The summed E-state index contributed by atoms with van der Waals surface area (Å²) in [6.45, 7) is 1.74. The molecule has 1 amide bonds. The van der Waals surface area contributed by atoms with Crippen LogP contribution in [-0.4, -0.2) is 17.9 Å². The molecule has 0 atom stereocenters. The van der Waals surface area contributed by atoms with Crippen LogP contribution in [0.25, 0.3) is 17.4 Å². The Morgan fingerprint density at radius 1 is 1.20 bits per heavy atom. The minimum Gasteiger partial charge on any atom is -0.497 e. The molecule has 0 bridgehead atoms. The summed E-state index contributed by atoms with van der Waals surface area (Å²) >= 11 is 0. The van der Waals surface area contributed by atoms with E-state index in [0.717, 1.165) is 0 Å². The van der Waals surface area contributed by atoms with Crippen LogP contribution < -0.4 is 10.1 Å². The van der Waals surface area contributed by atoms with Crippen LogP contribution in [0.15, 0.2) is 64.6 Å². The Labute approximate surface area is 172 Å². The minimum absolute atomic E-state index is 0.00936. The lowest BCUT2D eigenvalue weighted by Gasteiger charge is -2.05. The van der Waals surface area contributed by atoms with Crippen LogP contribution in [0.1, 0.15) is 11.3 Å². The second kappa shape index (κ2) is 8.75. The number of hydrogen-bond donors (Lipinski definition) is 1. The van der Waals surface area contributed by atoms with Gasteiger partial charge in [0.25, 0.3) is 11.6 Å². The third-order valence-corrected chi connectivity index (χ3v) is 4.31. The monoisotopic (exact) mass is 403 g/mol. The highest BCUT2D eigenvalue weighted by atomic mass is 16.6. The third-order valence-electron chi connectivity index (χ3n) is 4.31. The molecule has 150 valence electrons. The first-order chi connectivity index (χ1) is 14.4. The number of carbonyl (C=O) groups excluding carboxylic acids is 1. The normalized spacial score (nSPS) is 10.9. The first-order valence-electron chi connectivity index (χ1n) is 8.83. The number of methoxy groups -OCH3 is 1. The molecule has 0 aliphatic carbocycles. The number of hydrogen-bond acceptors (Lipinski definition) is 6. The van der Waals surface area contributed by atoms with Gasteiger partial charge in [0.1, 0.15) is 28.9 Å². The van der Waals surface area contributed by atoms with E-state index >= 15 is 0 Å². The number of carbonyl (C=O) groups is 1. The molecular weight excluding hydrogens is 386 g/mol. The number of nitrogens with one attached hydrogen (secondary N) is 1. The molecule has 0 saturated heterocycles. The van der Waals surface area contributed by atoms with Crippen LogP contribution in [0, 0.1) is 28.4 Å². The van der Waals surface area contributed by atoms with Gasteiger partial charge in [0.2, 0.25) is 0 Å². The predicted octanol–water partition coefficient (Wildman–Crippen LogP) is 4.72. The molecular formula is C22H17N3O5. The molecule has 1 heterocycles. The number of furan rings is 1. The fraction of sp³-hybridized carbons (Fsp3) is 0.0909. The molecule has 0 radical (unpaired) electrons. The van der Waals surface area contributed by atoms with Gasteiger partial charge >= 0.3 is 0 Å². The number of nitriles is 1. The van der Waals surface area contributed by atoms with E-state index in [-0.39, 0.29) is 11.3 Å². The maximum atomic E-state index is 12.4. The highest BCUT2D eigenvalue weighted by Crippen LogP contribution is 2.29. The molecule has 8 nitrogen and oxygen atoms in total. The summed E-state index contributed by atoms with van der Waals surface area (Å²) in [5.74, 6) is 0.853. The summed E-state index contributed by atoms with van der Waals surface area (Å²) in [6, 6.07) is 16.3. The molecule has 0 saturated carbocycles. The number of aryl methyl sites for hydroxylation is 1. The van der Waals surface area contributed by atoms with Gasteiger partial charge in [0, 0.05) is 29.5 Å². The van der Waals surface area contributed by atoms with E-state index in [0.29, 0.717) is 34.1 Å². The lowest BCUT2D eigenvalue weighted by atomic mass is 10.1. The SMILES string of the molecule is COc1ccc(NC(=O)C(C#N)=Cc2ccc(-c3ccc([N+](=O)[O-])cc3C)o2)cc1. The van der Waals surface area contributed by atoms with Crippen molar-refractivity contribution in [2.24, 2.45) is 0 Å². The van der Waals surface area contributed by atoms with Crippen molar-refractivity contribution >= 4 is 23.4 Å². The highest BCUT2D eigenvalue weighted by molar-refractivity contribution is 6.09. The Balaban J connectivity index is 1.80. The highest BCUT2D eigenvalue weighted by Gasteiger charge is 2.14. The molecule has 0 aliphatic rings. The number of benzene rings is 2. The Morgan fingerprint density at radius 2 is 1.93 bits per heavy atom. The number of nitrogens with zero attached hydrogens (tertiary/aromatic N) is 2. The topological polar surface area (TPSA) is 118 Å². The molecule has 0 unspecified atom stereocenters. The van der Waals surface area contributed by atoms with Crippen molar-refractivity contribution in [2.45, 2.75) is 6.92 Å². The number of nitro groups is 1. The largest absolute Gasteiger partial charge is 0.497 e. The number of non-ortho nitro benzene ring substituents is 1. The summed E-state index contributed by atoms with van der Waals surface area (Å²) < 4.78 is 10.8. The van der Waals surface area contributed by atoms with E-state index in [1.807, 2.05) is 6.07 Å². The van der Waals surface area contributed by atoms with Gasteiger partial charge in [-0.05, 0) is 55.0 Å². The van der Waals surface area contributed by atoms with Crippen LogP contribution in [-0.2, 0) is 4.79 Å². The van der Waals surface area contributed by atoms with E-state index in [9.17, 15) is 20.2 Å². The predicted molar refractivity (Wildman–Crippen MR) is 111 cm³/mol. The zero-order valence-electron chi connectivity index (χ0n) is 16.2. The first kappa shape index (κ1) is 20.4. The average Bonchev–Trinajstić information content (AvgIpc) is 3.20. The Hall–Kier alpha value is -4.38. The van der Waals surface area contributed by atoms with Gasteiger partial charge in [-0.25, -0.2) is 0 Å². The van der Waals surface area contributed by atoms with Gasteiger partial charge in [-0.1, -0.05) is 0 Å². The molecule has 30 heavy (non-hydrogen) atoms. The second-order valence-electron chi connectivity index (χ2n) is 6.31. The van der Waals surface area contributed by atoms with Crippen molar-refractivity contribution in [3.05, 3.63) is 81.6 Å². The minimum atomic E-state index is -0.577. The van der Waals surface area contributed by atoms with Gasteiger partial charge in [-0.2, -0.15) is 5.26 Å². The van der Waals surface area contributed by atoms with E-state index in [1.165, 1.54) is 18.2 Å². The van der Waals surface area contributed by atoms with Crippen LogP contribution >= 0.6 is 0 Å². The Kier molecular flexibility index (Phi) is 5.94. The standard InChI is InChI=1S/C22H17N3O5/c1-14-11-17(25(27)28)5-9-20(14)21-10-8-19(30-21)12-15(13-23)22(26)24-16-3-6-18(29-2)7-4-16/h3-12H,1-2H3,(H,24,26). The van der Waals surface area contributed by atoms with Crippen LogP contribution in [0.5, 0.6) is 5.75 Å². The molecule has 1 aromatic heterocycles. The zero-order valence-corrected chi connectivity index (χ0v) is 16.2. The molecule has 0 spiro atoms. The van der Waals surface area contributed by atoms with E-state index < -0.39 is 10.8 Å². The summed E-state index contributed by atoms with van der Waals surface area (Å²) in [6.07, 6.45) is 1.34. The smallest absolute Gasteiger partial charge is 0.269 e. The summed E-state index contributed by atoms with van der Waals surface area (Å²) in [5, 5.41) is 22.9. The summed E-state index contributed by atoms with van der Waals surface area (Å²) in [5.41, 5.74) is 1.73. The maximum Gasteiger partial charge on any atom is 0.269 e. The number of amides is 1. The lowest BCUT2D eigenvalue weighted by Crippen LogP contribution is -2.13. The van der Waals surface area contributed by atoms with Crippen molar-refractivity contribution in [3.8, 4) is 23.1 Å². The zero-order chi connectivity index (χ0) is 21.7. The van der Waals surface area contributed by atoms with E-state index in [1.54, 1.807) is 56.5 Å². The molecule has 2 aromatic carbocycles.